The summed E-state index contributed by atoms with van der Waals surface area (Å²) in [6, 6.07) is 8.17. The number of hydrogen-bond donors (Lipinski definition) is 1. The third kappa shape index (κ3) is 4.11. The van der Waals surface area contributed by atoms with E-state index >= 15 is 0 Å². The highest BCUT2D eigenvalue weighted by Gasteiger charge is 2.24. The van der Waals surface area contributed by atoms with E-state index in [1.807, 2.05) is 0 Å². The highest BCUT2D eigenvalue weighted by atomic mass is 35.5. The average molecular weight is 373 g/mol. The van der Waals surface area contributed by atoms with Gasteiger partial charge in [-0.3, -0.25) is 4.79 Å². The standard InChI is InChI=1S/C15H17ClN2O3S2/c1-3-18(4-2)23(20,21)13-9-14(22-10-13)15(19)17-12-7-5-6-11(16)8-12/h5-10H,3-4H2,1-2H3,(H,17,19). The highest BCUT2D eigenvalue weighted by molar-refractivity contribution is 7.89. The predicted molar refractivity (Wildman–Crippen MR) is 93.8 cm³/mol. The van der Waals surface area contributed by atoms with Crippen molar-refractivity contribution in [2.45, 2.75) is 18.7 Å². The molecule has 0 atom stereocenters. The van der Waals surface area contributed by atoms with Crippen molar-refractivity contribution in [1.29, 1.82) is 0 Å². The molecule has 1 aromatic carbocycles. The minimum Gasteiger partial charge on any atom is -0.321 e. The van der Waals surface area contributed by atoms with Gasteiger partial charge >= 0.3 is 0 Å². The predicted octanol–water partition coefficient (Wildman–Crippen LogP) is 3.68. The second-order valence-electron chi connectivity index (χ2n) is 4.70. The number of sulfonamides is 1. The van der Waals surface area contributed by atoms with Gasteiger partial charge < -0.3 is 5.32 Å². The van der Waals surface area contributed by atoms with Crippen LogP contribution in [0.25, 0.3) is 0 Å². The number of carbonyl (C=O) groups is 1. The lowest BCUT2D eigenvalue weighted by Crippen LogP contribution is -2.30. The van der Waals surface area contributed by atoms with Crippen LogP contribution in [0.15, 0.2) is 40.6 Å². The fourth-order valence-electron chi connectivity index (χ4n) is 2.04. The van der Waals surface area contributed by atoms with Gasteiger partial charge in [-0.2, -0.15) is 4.31 Å². The third-order valence-corrected chi connectivity index (χ3v) is 6.57. The SMILES string of the molecule is CCN(CC)S(=O)(=O)c1csc(C(=O)Nc2cccc(Cl)c2)c1. The Bertz CT molecular complexity index is 799. The van der Waals surface area contributed by atoms with Crippen LogP contribution < -0.4 is 5.32 Å². The number of amides is 1. The Labute approximate surface area is 144 Å². The number of rotatable bonds is 6. The van der Waals surface area contributed by atoms with Crippen LogP contribution in [0.4, 0.5) is 5.69 Å². The molecule has 0 radical (unpaired) electrons. The van der Waals surface area contributed by atoms with E-state index in [2.05, 4.69) is 5.32 Å². The molecule has 1 N–H and O–H groups in total. The molecule has 0 aliphatic carbocycles. The first-order chi connectivity index (χ1) is 10.9. The van der Waals surface area contributed by atoms with Crippen LogP contribution >= 0.6 is 22.9 Å². The van der Waals surface area contributed by atoms with E-state index in [0.29, 0.717) is 28.7 Å². The zero-order valence-corrected chi connectivity index (χ0v) is 15.1. The highest BCUT2D eigenvalue weighted by Crippen LogP contribution is 2.24. The first kappa shape index (κ1) is 17.9. The van der Waals surface area contributed by atoms with Crippen LogP contribution in [0.5, 0.6) is 0 Å². The Morgan fingerprint density at radius 1 is 1.26 bits per heavy atom. The maximum absolute atomic E-state index is 12.4. The van der Waals surface area contributed by atoms with E-state index < -0.39 is 10.0 Å². The molecular weight excluding hydrogens is 356 g/mol. The van der Waals surface area contributed by atoms with Crippen LogP contribution in [0, 0.1) is 0 Å². The van der Waals surface area contributed by atoms with Gasteiger partial charge in [0, 0.05) is 29.2 Å². The number of halogens is 1. The first-order valence-electron chi connectivity index (χ1n) is 7.04. The molecule has 0 spiro atoms. The maximum Gasteiger partial charge on any atom is 0.265 e. The van der Waals surface area contributed by atoms with Gasteiger partial charge in [0.05, 0.1) is 9.77 Å². The average Bonchev–Trinajstić information content (AvgIpc) is 2.99. The summed E-state index contributed by atoms with van der Waals surface area (Å²) in [4.78, 5) is 12.7. The molecular formula is C15H17ClN2O3S2. The topological polar surface area (TPSA) is 66.5 Å². The fourth-order valence-corrected chi connectivity index (χ4v) is 4.85. The van der Waals surface area contributed by atoms with E-state index in [1.54, 1.807) is 38.1 Å². The molecule has 23 heavy (non-hydrogen) atoms. The summed E-state index contributed by atoms with van der Waals surface area (Å²) in [5, 5.41) is 4.70. The normalized spacial score (nSPS) is 11.7. The van der Waals surface area contributed by atoms with Crippen LogP contribution in [-0.4, -0.2) is 31.7 Å². The summed E-state index contributed by atoms with van der Waals surface area (Å²) in [6.45, 7) is 4.33. The van der Waals surface area contributed by atoms with Gasteiger partial charge in [-0.15, -0.1) is 11.3 Å². The number of nitrogens with zero attached hydrogens (tertiary/aromatic N) is 1. The molecule has 0 saturated carbocycles. The second-order valence-corrected chi connectivity index (χ2v) is 7.99. The lowest BCUT2D eigenvalue weighted by atomic mass is 10.3. The molecule has 1 aromatic heterocycles. The van der Waals surface area contributed by atoms with Crippen molar-refractivity contribution in [3.8, 4) is 0 Å². The van der Waals surface area contributed by atoms with E-state index in [4.69, 9.17) is 11.6 Å². The third-order valence-electron chi connectivity index (χ3n) is 3.22. The molecule has 1 heterocycles. The number of carbonyl (C=O) groups excluding carboxylic acids is 1. The van der Waals surface area contributed by atoms with Crippen molar-refractivity contribution in [2.75, 3.05) is 18.4 Å². The molecule has 8 heteroatoms. The van der Waals surface area contributed by atoms with E-state index in [0.717, 1.165) is 11.3 Å². The van der Waals surface area contributed by atoms with Crippen molar-refractivity contribution in [3.05, 3.63) is 45.6 Å². The number of benzene rings is 1. The number of hydrogen-bond acceptors (Lipinski definition) is 4. The monoisotopic (exact) mass is 372 g/mol. The van der Waals surface area contributed by atoms with Gasteiger partial charge in [0.1, 0.15) is 0 Å². The second kappa shape index (κ2) is 7.44. The number of anilines is 1. The van der Waals surface area contributed by atoms with Crippen LogP contribution in [0.1, 0.15) is 23.5 Å². The van der Waals surface area contributed by atoms with Gasteiger partial charge in [-0.25, -0.2) is 8.42 Å². The fraction of sp³-hybridized carbons (Fsp3) is 0.267. The quantitative estimate of drug-likeness (QED) is 0.840. The molecule has 2 aromatic rings. The van der Waals surface area contributed by atoms with E-state index in [9.17, 15) is 13.2 Å². The van der Waals surface area contributed by atoms with E-state index in [1.165, 1.54) is 15.8 Å². The minimum atomic E-state index is -3.55. The van der Waals surface area contributed by atoms with Crippen molar-refractivity contribution < 1.29 is 13.2 Å². The summed E-state index contributed by atoms with van der Waals surface area (Å²) in [6.07, 6.45) is 0. The van der Waals surface area contributed by atoms with Crippen LogP contribution in [0.2, 0.25) is 5.02 Å². The van der Waals surface area contributed by atoms with Gasteiger partial charge in [-0.1, -0.05) is 31.5 Å². The van der Waals surface area contributed by atoms with Crippen molar-refractivity contribution in [3.63, 3.8) is 0 Å². The first-order valence-corrected chi connectivity index (χ1v) is 9.73. The Balaban J connectivity index is 2.20. The summed E-state index contributed by atoms with van der Waals surface area (Å²) in [5.41, 5.74) is 0.559. The minimum absolute atomic E-state index is 0.141. The Morgan fingerprint density at radius 3 is 2.57 bits per heavy atom. The van der Waals surface area contributed by atoms with Gasteiger partial charge in [0.2, 0.25) is 10.0 Å². The number of thiophene rings is 1. The number of nitrogens with one attached hydrogen (secondary N) is 1. The lowest BCUT2D eigenvalue weighted by molar-refractivity contribution is 0.103. The van der Waals surface area contributed by atoms with Gasteiger partial charge in [-0.05, 0) is 24.3 Å². The molecule has 0 aliphatic rings. The zero-order valence-electron chi connectivity index (χ0n) is 12.7. The maximum atomic E-state index is 12.4. The van der Waals surface area contributed by atoms with Crippen LogP contribution in [-0.2, 0) is 10.0 Å². The van der Waals surface area contributed by atoms with Gasteiger partial charge in [0.15, 0.2) is 0 Å². The Morgan fingerprint density at radius 2 is 1.96 bits per heavy atom. The van der Waals surface area contributed by atoms with Crippen molar-refractivity contribution in [2.24, 2.45) is 0 Å². The molecule has 1 amide bonds. The summed E-state index contributed by atoms with van der Waals surface area (Å²) >= 11 is 6.97. The Hall–Kier alpha value is -1.41. The molecule has 0 bridgehead atoms. The lowest BCUT2D eigenvalue weighted by Gasteiger charge is -2.17. The molecule has 5 nitrogen and oxygen atoms in total. The smallest absolute Gasteiger partial charge is 0.265 e. The van der Waals surface area contributed by atoms with E-state index in [-0.39, 0.29) is 10.8 Å². The summed E-state index contributed by atoms with van der Waals surface area (Å²) < 4.78 is 26.2. The summed E-state index contributed by atoms with van der Waals surface area (Å²) in [7, 11) is -3.55. The molecule has 0 saturated heterocycles. The van der Waals surface area contributed by atoms with Crippen molar-refractivity contribution >= 4 is 44.6 Å². The molecule has 124 valence electrons. The largest absolute Gasteiger partial charge is 0.321 e. The Kier molecular flexibility index (Phi) is 5.80. The molecule has 2 rings (SSSR count). The molecule has 0 fully saturated rings. The van der Waals surface area contributed by atoms with Crippen LogP contribution in [0.3, 0.4) is 0 Å². The molecule has 0 unspecified atom stereocenters. The molecule has 0 aliphatic heterocycles. The van der Waals surface area contributed by atoms with Crippen molar-refractivity contribution in [1.82, 2.24) is 4.31 Å². The zero-order chi connectivity index (χ0) is 17.0. The van der Waals surface area contributed by atoms with Gasteiger partial charge in [0.25, 0.3) is 5.91 Å². The summed E-state index contributed by atoms with van der Waals surface area (Å²) in [5.74, 6) is -0.363.